The van der Waals surface area contributed by atoms with E-state index in [2.05, 4.69) is 49.0 Å². The summed E-state index contributed by atoms with van der Waals surface area (Å²) in [7, 11) is 0. The number of nitrogens with one attached hydrogen (secondary N) is 3. The summed E-state index contributed by atoms with van der Waals surface area (Å²) in [6.45, 7) is 14.8. The molecule has 174 valence electrons. The van der Waals surface area contributed by atoms with E-state index >= 15 is 0 Å². The van der Waals surface area contributed by atoms with Crippen LogP contribution in [0, 0.1) is 6.92 Å². The highest BCUT2D eigenvalue weighted by atomic mass is 19.1. The highest BCUT2D eigenvalue weighted by molar-refractivity contribution is 6.02. The summed E-state index contributed by atoms with van der Waals surface area (Å²) in [6.07, 6.45) is 2.06. The van der Waals surface area contributed by atoms with Crippen LogP contribution in [0.15, 0.2) is 58.1 Å². The highest BCUT2D eigenvalue weighted by Crippen LogP contribution is 2.12. The molecule has 1 aromatic heterocycles. The molecule has 1 saturated heterocycles. The van der Waals surface area contributed by atoms with Crippen molar-refractivity contribution in [1.29, 1.82) is 0 Å². The normalized spacial score (nSPS) is 19.5. The van der Waals surface area contributed by atoms with E-state index < -0.39 is 11.9 Å². The van der Waals surface area contributed by atoms with E-state index in [4.69, 9.17) is 16.2 Å². The van der Waals surface area contributed by atoms with Gasteiger partial charge >= 0.3 is 0 Å². The number of hydrogen-bond donors (Lipinski definition) is 5. The van der Waals surface area contributed by atoms with Crippen molar-refractivity contribution < 1.29 is 9.13 Å². The number of ether oxygens (including phenoxy) is 1. The summed E-state index contributed by atoms with van der Waals surface area (Å²) in [4.78, 5) is 14.6. The summed E-state index contributed by atoms with van der Waals surface area (Å²) in [5, 5.41) is 12.9. The predicted octanol–water partition coefficient (Wildman–Crippen LogP) is 1.32. The molecule has 1 aromatic rings. The number of nitrogens with zero attached hydrogens (tertiary/aromatic N) is 5. The van der Waals surface area contributed by atoms with Crippen LogP contribution >= 0.6 is 0 Å². The van der Waals surface area contributed by atoms with Gasteiger partial charge in [-0.2, -0.15) is 15.1 Å². The van der Waals surface area contributed by atoms with Crippen molar-refractivity contribution in [1.82, 2.24) is 20.4 Å². The Balaban J connectivity index is 2.19. The first-order chi connectivity index (χ1) is 15.2. The van der Waals surface area contributed by atoms with Gasteiger partial charge in [0, 0.05) is 24.8 Å². The van der Waals surface area contributed by atoms with Gasteiger partial charge in [0.2, 0.25) is 5.96 Å². The Morgan fingerprint density at radius 1 is 1.47 bits per heavy atom. The summed E-state index contributed by atoms with van der Waals surface area (Å²) < 4.78 is 18.7. The van der Waals surface area contributed by atoms with Gasteiger partial charge < -0.3 is 31.7 Å². The average Bonchev–Trinajstić information content (AvgIpc) is 3.15. The van der Waals surface area contributed by atoms with Crippen molar-refractivity contribution >= 4 is 23.6 Å². The van der Waals surface area contributed by atoms with Gasteiger partial charge in [-0.25, -0.2) is 9.38 Å². The van der Waals surface area contributed by atoms with Gasteiger partial charge in [0.15, 0.2) is 11.8 Å². The molecule has 1 aliphatic heterocycles. The lowest BCUT2D eigenvalue weighted by molar-refractivity contribution is -0.00599. The van der Waals surface area contributed by atoms with Gasteiger partial charge in [0.25, 0.3) is 0 Å². The van der Waals surface area contributed by atoms with Crippen LogP contribution in [-0.4, -0.2) is 64.7 Å². The zero-order valence-electron chi connectivity index (χ0n) is 18.6. The molecule has 0 aromatic carbocycles. The summed E-state index contributed by atoms with van der Waals surface area (Å²) in [5.41, 5.74) is 12.8. The number of guanidine groups is 2. The lowest BCUT2D eigenvalue weighted by Crippen LogP contribution is -2.46. The minimum atomic E-state index is -0.606. The Morgan fingerprint density at radius 2 is 2.22 bits per heavy atom. The molecule has 1 unspecified atom stereocenters. The van der Waals surface area contributed by atoms with E-state index in [1.165, 1.54) is 0 Å². The van der Waals surface area contributed by atoms with Crippen LogP contribution in [0.5, 0.6) is 0 Å². The first-order valence-electron chi connectivity index (χ1n) is 10.0. The molecule has 12 heteroatoms. The van der Waals surface area contributed by atoms with Crippen LogP contribution in [0.3, 0.4) is 0 Å². The molecule has 0 aliphatic carbocycles. The van der Waals surface area contributed by atoms with E-state index in [1.54, 1.807) is 13.0 Å². The SMILES string of the molecule is C=C/C(F)=C\N=C(/N)[C@H](C)N/C(N)=N/C(=N\C(=C)N1CCOC(C)C1)Nc1cc(C)[nH]n1. The maximum Gasteiger partial charge on any atom is 0.233 e. The standard InChI is InChI=1S/C20H31FN10O/c1-6-16(21)10-24-18(22)14(4)25-19(23)28-20(27-17-9-12(2)29-30-17)26-15(5)31-7-8-32-13(3)11-31/h6,9-10,13-14H,1,5,7-8,11H2,2-4H3,(H2,22,24)(H5,23,25,26,27,28,29,30)/b16-10+/t13?,14-/m0/s1. The van der Waals surface area contributed by atoms with Crippen molar-refractivity contribution in [2.24, 2.45) is 26.4 Å². The zero-order chi connectivity index (χ0) is 23.7. The summed E-state index contributed by atoms with van der Waals surface area (Å²) in [6, 6.07) is 1.27. The zero-order valence-corrected chi connectivity index (χ0v) is 18.6. The molecule has 1 fully saturated rings. The highest BCUT2D eigenvalue weighted by Gasteiger charge is 2.18. The Labute approximate surface area is 186 Å². The number of amidine groups is 1. The molecule has 2 atom stereocenters. The number of aromatic nitrogens is 2. The monoisotopic (exact) mass is 446 g/mol. The van der Waals surface area contributed by atoms with E-state index in [9.17, 15) is 4.39 Å². The van der Waals surface area contributed by atoms with Gasteiger partial charge in [-0.3, -0.25) is 5.10 Å². The number of H-pyrrole nitrogens is 1. The second-order valence-corrected chi connectivity index (χ2v) is 7.18. The van der Waals surface area contributed by atoms with Crippen LogP contribution < -0.4 is 22.1 Å². The van der Waals surface area contributed by atoms with Crippen molar-refractivity contribution in [2.45, 2.75) is 32.9 Å². The lowest BCUT2D eigenvalue weighted by Gasteiger charge is -2.32. The van der Waals surface area contributed by atoms with Crippen molar-refractivity contribution in [2.75, 3.05) is 25.0 Å². The van der Waals surface area contributed by atoms with Gasteiger partial charge in [-0.15, -0.1) is 0 Å². The third kappa shape index (κ3) is 7.87. The van der Waals surface area contributed by atoms with Crippen LogP contribution in [0.4, 0.5) is 10.2 Å². The minimum Gasteiger partial charge on any atom is -0.385 e. The van der Waals surface area contributed by atoms with E-state index in [1.807, 2.05) is 18.7 Å². The maximum absolute atomic E-state index is 13.2. The molecule has 0 saturated carbocycles. The maximum atomic E-state index is 13.2. The number of aromatic amines is 1. The molecule has 0 spiro atoms. The fraction of sp³-hybridized carbons (Fsp3) is 0.400. The van der Waals surface area contributed by atoms with Crippen molar-refractivity contribution in [3.8, 4) is 0 Å². The average molecular weight is 447 g/mol. The van der Waals surface area contributed by atoms with Gasteiger partial charge in [-0.1, -0.05) is 13.2 Å². The number of morpholine rings is 1. The Bertz CT molecular complexity index is 933. The van der Waals surface area contributed by atoms with Gasteiger partial charge in [-0.05, 0) is 26.8 Å². The number of anilines is 1. The first kappa shape index (κ1) is 24.6. The topological polar surface area (TPSA) is 154 Å². The second-order valence-electron chi connectivity index (χ2n) is 7.18. The fourth-order valence-corrected chi connectivity index (χ4v) is 2.67. The molecule has 0 amide bonds. The summed E-state index contributed by atoms with van der Waals surface area (Å²) in [5.74, 6) is 0.717. The van der Waals surface area contributed by atoms with Crippen molar-refractivity contribution in [3.05, 3.63) is 48.8 Å². The van der Waals surface area contributed by atoms with Crippen LogP contribution in [0.1, 0.15) is 19.5 Å². The van der Waals surface area contributed by atoms with Crippen molar-refractivity contribution in [3.63, 3.8) is 0 Å². The fourth-order valence-electron chi connectivity index (χ4n) is 2.67. The smallest absolute Gasteiger partial charge is 0.233 e. The molecule has 2 rings (SSSR count). The minimum absolute atomic E-state index is 0.0190. The number of rotatable bonds is 7. The summed E-state index contributed by atoms with van der Waals surface area (Å²) >= 11 is 0. The molecular formula is C20H31FN10O. The molecular weight excluding hydrogens is 415 g/mol. The quantitative estimate of drug-likeness (QED) is 0.240. The Morgan fingerprint density at radius 3 is 2.84 bits per heavy atom. The molecule has 0 bridgehead atoms. The largest absolute Gasteiger partial charge is 0.385 e. The Kier molecular flexibility index (Phi) is 8.95. The van der Waals surface area contributed by atoms with Crippen LogP contribution in [0.25, 0.3) is 0 Å². The molecule has 32 heavy (non-hydrogen) atoms. The molecule has 0 radical (unpaired) electrons. The van der Waals surface area contributed by atoms with Gasteiger partial charge in [0.1, 0.15) is 17.5 Å². The van der Waals surface area contributed by atoms with E-state index in [0.29, 0.717) is 31.3 Å². The Hall–Kier alpha value is -3.67. The third-order valence-corrected chi connectivity index (χ3v) is 4.35. The van der Waals surface area contributed by atoms with Gasteiger partial charge in [0.05, 0.1) is 25.0 Å². The first-order valence-corrected chi connectivity index (χ1v) is 10.0. The molecule has 1 aliphatic rings. The number of aliphatic imine (C=N–C) groups is 3. The number of allylic oxidation sites excluding steroid dienone is 2. The second kappa shape index (κ2) is 11.6. The molecule has 11 nitrogen and oxygen atoms in total. The number of aryl methyl sites for hydroxylation is 1. The number of halogens is 1. The van der Waals surface area contributed by atoms with E-state index in [-0.39, 0.29) is 23.9 Å². The number of hydrogen-bond acceptors (Lipinski definition) is 5. The molecule has 2 heterocycles. The van der Waals surface area contributed by atoms with E-state index in [0.717, 1.165) is 18.0 Å². The van der Waals surface area contributed by atoms with Crippen LogP contribution in [-0.2, 0) is 4.74 Å². The number of nitrogens with two attached hydrogens (primary N) is 2. The molecule has 7 N–H and O–H groups in total. The lowest BCUT2D eigenvalue weighted by atomic mass is 10.3. The van der Waals surface area contributed by atoms with Crippen LogP contribution in [0.2, 0.25) is 0 Å². The third-order valence-electron chi connectivity index (χ3n) is 4.35. The predicted molar refractivity (Wildman–Crippen MR) is 126 cm³/mol.